The molecule has 0 spiro atoms. The van der Waals surface area contributed by atoms with Crippen molar-refractivity contribution in [2.75, 3.05) is 7.11 Å². The summed E-state index contributed by atoms with van der Waals surface area (Å²) in [5, 5.41) is 9.93. The predicted molar refractivity (Wildman–Crippen MR) is 73.2 cm³/mol. The average Bonchev–Trinajstić information content (AvgIpc) is 2.41. The van der Waals surface area contributed by atoms with Gasteiger partial charge in [-0.1, -0.05) is 29.3 Å². The second kappa shape index (κ2) is 5.47. The number of methoxy groups -OCH3 is 1. The molecule has 1 heterocycles. The summed E-state index contributed by atoms with van der Waals surface area (Å²) in [5.41, 5.74) is 1.34. The number of benzene rings is 1. The largest absolute Gasteiger partial charge is 0.480 e. The number of pyridine rings is 1. The Morgan fingerprint density at radius 1 is 1.21 bits per heavy atom. The first-order valence-electron chi connectivity index (χ1n) is 5.25. The molecule has 0 atom stereocenters. The molecule has 0 fully saturated rings. The molecule has 19 heavy (non-hydrogen) atoms. The molecule has 0 amide bonds. The molecule has 98 valence electrons. The van der Waals surface area contributed by atoms with Crippen LogP contribution in [0.1, 0.15) is 10.4 Å². The van der Waals surface area contributed by atoms with Gasteiger partial charge in [-0.2, -0.15) is 0 Å². The van der Waals surface area contributed by atoms with Gasteiger partial charge < -0.3 is 9.84 Å². The van der Waals surface area contributed by atoms with Crippen LogP contribution in [0.25, 0.3) is 11.1 Å². The molecule has 4 nitrogen and oxygen atoms in total. The Hall–Kier alpha value is -1.78. The molecule has 0 aliphatic rings. The third kappa shape index (κ3) is 2.80. The maximum Gasteiger partial charge on any atom is 0.341 e. The quantitative estimate of drug-likeness (QED) is 0.937. The number of carboxylic acid groups (broad SMARTS) is 1. The zero-order chi connectivity index (χ0) is 14.0. The zero-order valence-electron chi connectivity index (χ0n) is 9.85. The van der Waals surface area contributed by atoms with Crippen molar-refractivity contribution < 1.29 is 14.6 Å². The summed E-state index contributed by atoms with van der Waals surface area (Å²) in [7, 11) is 1.37. The summed E-state index contributed by atoms with van der Waals surface area (Å²) in [6.45, 7) is 0. The van der Waals surface area contributed by atoms with Crippen LogP contribution < -0.4 is 4.74 Å². The molecule has 6 heteroatoms. The minimum absolute atomic E-state index is 0.00827. The van der Waals surface area contributed by atoms with Crippen molar-refractivity contribution in [2.45, 2.75) is 0 Å². The first-order valence-corrected chi connectivity index (χ1v) is 6.01. The smallest absolute Gasteiger partial charge is 0.341 e. The van der Waals surface area contributed by atoms with Crippen LogP contribution in [0.2, 0.25) is 10.0 Å². The van der Waals surface area contributed by atoms with E-state index in [0.717, 1.165) is 5.56 Å². The molecule has 1 aromatic carbocycles. The van der Waals surface area contributed by atoms with E-state index < -0.39 is 5.97 Å². The van der Waals surface area contributed by atoms with E-state index in [1.807, 2.05) is 0 Å². The van der Waals surface area contributed by atoms with Gasteiger partial charge >= 0.3 is 5.97 Å². The predicted octanol–water partition coefficient (Wildman–Crippen LogP) is 3.76. The Bertz CT molecular complexity index is 644. The molecule has 1 aromatic heterocycles. The Morgan fingerprint density at radius 3 is 2.53 bits per heavy atom. The normalized spacial score (nSPS) is 10.3. The van der Waals surface area contributed by atoms with Crippen LogP contribution in [0.3, 0.4) is 0 Å². The van der Waals surface area contributed by atoms with Crippen LogP contribution >= 0.6 is 23.2 Å². The van der Waals surface area contributed by atoms with E-state index in [1.54, 1.807) is 18.2 Å². The van der Waals surface area contributed by atoms with Gasteiger partial charge in [0, 0.05) is 11.8 Å². The average molecular weight is 298 g/mol. The molecule has 0 aliphatic carbocycles. The van der Waals surface area contributed by atoms with Crippen molar-refractivity contribution in [3.8, 4) is 17.0 Å². The molecular weight excluding hydrogens is 289 g/mol. The highest BCUT2D eigenvalue weighted by Gasteiger charge is 2.14. The topological polar surface area (TPSA) is 59.4 Å². The Morgan fingerprint density at radius 2 is 1.95 bits per heavy atom. The molecule has 0 bridgehead atoms. The van der Waals surface area contributed by atoms with E-state index in [4.69, 9.17) is 33.0 Å². The standard InChI is InChI=1S/C13H9Cl2NO3/c1-19-12-9(13(17)18)4-8(6-16-12)7-2-3-10(14)11(15)5-7/h2-6H,1H3,(H,17,18). The van der Waals surface area contributed by atoms with Crippen molar-refractivity contribution in [2.24, 2.45) is 0 Å². The van der Waals surface area contributed by atoms with Crippen LogP contribution in [-0.2, 0) is 0 Å². The summed E-state index contributed by atoms with van der Waals surface area (Å²) in [6.07, 6.45) is 1.52. The van der Waals surface area contributed by atoms with Crippen molar-refractivity contribution >= 4 is 29.2 Å². The third-order valence-electron chi connectivity index (χ3n) is 2.53. The molecule has 0 aliphatic heterocycles. The van der Waals surface area contributed by atoms with Crippen molar-refractivity contribution in [3.63, 3.8) is 0 Å². The number of rotatable bonds is 3. The SMILES string of the molecule is COc1ncc(-c2ccc(Cl)c(Cl)c2)cc1C(=O)O. The first-order chi connectivity index (χ1) is 9.02. The minimum atomic E-state index is -1.11. The van der Waals surface area contributed by atoms with Crippen molar-refractivity contribution in [3.05, 3.63) is 46.1 Å². The van der Waals surface area contributed by atoms with Crippen molar-refractivity contribution in [1.29, 1.82) is 0 Å². The monoisotopic (exact) mass is 297 g/mol. The van der Waals surface area contributed by atoms with E-state index in [9.17, 15) is 4.79 Å². The number of nitrogens with zero attached hydrogens (tertiary/aromatic N) is 1. The van der Waals surface area contributed by atoms with Crippen LogP contribution in [0.15, 0.2) is 30.5 Å². The fraction of sp³-hybridized carbons (Fsp3) is 0.0769. The molecule has 0 radical (unpaired) electrons. The Balaban J connectivity index is 2.53. The van der Waals surface area contributed by atoms with Crippen LogP contribution in [0, 0.1) is 0 Å². The zero-order valence-corrected chi connectivity index (χ0v) is 11.4. The molecule has 0 saturated carbocycles. The molecule has 0 unspecified atom stereocenters. The number of carbonyl (C=O) groups is 1. The highest BCUT2D eigenvalue weighted by atomic mass is 35.5. The van der Waals surface area contributed by atoms with Gasteiger partial charge in [-0.3, -0.25) is 0 Å². The van der Waals surface area contributed by atoms with Gasteiger partial charge in [-0.05, 0) is 23.8 Å². The molecule has 2 aromatic rings. The number of aromatic carboxylic acids is 1. The van der Waals surface area contributed by atoms with Gasteiger partial charge in [0.25, 0.3) is 0 Å². The lowest BCUT2D eigenvalue weighted by molar-refractivity contribution is 0.0692. The summed E-state index contributed by atoms with van der Waals surface area (Å²) in [6, 6.07) is 6.51. The lowest BCUT2D eigenvalue weighted by atomic mass is 10.1. The Kier molecular flexibility index (Phi) is 3.93. The second-order valence-corrected chi connectivity index (χ2v) is 4.53. The summed E-state index contributed by atoms with van der Waals surface area (Å²) < 4.78 is 4.90. The molecular formula is C13H9Cl2NO3. The maximum atomic E-state index is 11.1. The number of carboxylic acids is 1. The van der Waals surface area contributed by atoms with Crippen molar-refractivity contribution in [1.82, 2.24) is 4.98 Å². The fourth-order valence-electron chi connectivity index (χ4n) is 1.60. The van der Waals surface area contributed by atoms with E-state index in [-0.39, 0.29) is 11.4 Å². The lowest BCUT2D eigenvalue weighted by Crippen LogP contribution is -2.02. The number of hydrogen-bond donors (Lipinski definition) is 1. The van der Waals surface area contributed by atoms with Gasteiger partial charge in [-0.25, -0.2) is 9.78 Å². The number of ether oxygens (including phenoxy) is 1. The molecule has 1 N–H and O–H groups in total. The lowest BCUT2D eigenvalue weighted by Gasteiger charge is -2.07. The fourth-order valence-corrected chi connectivity index (χ4v) is 1.90. The van der Waals surface area contributed by atoms with Gasteiger partial charge in [0.05, 0.1) is 17.2 Å². The third-order valence-corrected chi connectivity index (χ3v) is 3.27. The van der Waals surface area contributed by atoms with Gasteiger partial charge in [0.15, 0.2) is 0 Å². The number of hydrogen-bond acceptors (Lipinski definition) is 3. The van der Waals surface area contributed by atoms with Crippen LogP contribution in [0.4, 0.5) is 0 Å². The van der Waals surface area contributed by atoms with Gasteiger partial charge in [0.1, 0.15) is 5.56 Å². The Labute approximate surface area is 119 Å². The second-order valence-electron chi connectivity index (χ2n) is 3.71. The minimum Gasteiger partial charge on any atom is -0.480 e. The van der Waals surface area contributed by atoms with E-state index in [0.29, 0.717) is 15.6 Å². The number of halogens is 2. The molecule has 2 rings (SSSR count). The summed E-state index contributed by atoms with van der Waals surface area (Å²) in [4.78, 5) is 15.1. The van der Waals surface area contributed by atoms with E-state index in [2.05, 4.69) is 4.98 Å². The van der Waals surface area contributed by atoms with E-state index >= 15 is 0 Å². The van der Waals surface area contributed by atoms with Crippen LogP contribution in [0.5, 0.6) is 5.88 Å². The first kappa shape index (κ1) is 13.6. The van der Waals surface area contributed by atoms with Gasteiger partial charge in [-0.15, -0.1) is 0 Å². The molecule has 0 saturated heterocycles. The highest BCUT2D eigenvalue weighted by molar-refractivity contribution is 6.42. The highest BCUT2D eigenvalue weighted by Crippen LogP contribution is 2.30. The summed E-state index contributed by atoms with van der Waals surface area (Å²) >= 11 is 11.8. The van der Waals surface area contributed by atoms with E-state index in [1.165, 1.54) is 19.4 Å². The maximum absolute atomic E-state index is 11.1. The number of aromatic nitrogens is 1. The van der Waals surface area contributed by atoms with Crippen LogP contribution in [-0.4, -0.2) is 23.2 Å². The van der Waals surface area contributed by atoms with Gasteiger partial charge in [0.2, 0.25) is 5.88 Å². The summed E-state index contributed by atoms with van der Waals surface area (Å²) in [5.74, 6) is -1.04.